The van der Waals surface area contributed by atoms with Gasteiger partial charge in [-0.2, -0.15) is 0 Å². The molecule has 15 heavy (non-hydrogen) atoms. The summed E-state index contributed by atoms with van der Waals surface area (Å²) < 4.78 is 0. The highest BCUT2D eigenvalue weighted by Gasteiger charge is 2.38. The Hall–Kier alpha value is -1.59. The summed E-state index contributed by atoms with van der Waals surface area (Å²) in [4.78, 5) is 34.3. The van der Waals surface area contributed by atoms with Gasteiger partial charge < -0.3 is 10.0 Å². The van der Waals surface area contributed by atoms with Crippen LogP contribution in [0.3, 0.4) is 0 Å². The van der Waals surface area contributed by atoms with E-state index in [1.165, 1.54) is 4.90 Å². The van der Waals surface area contributed by atoms with E-state index in [1.54, 1.807) is 13.8 Å². The topological polar surface area (TPSA) is 86.7 Å². The standard InChI is InChI=1S/C9H14N2O4/c1-9(2)5-11(4-3-6(12)13)8(15)10-7(9)14/h3-5H2,1-2H3,(H,12,13)(H,10,14,15). The van der Waals surface area contributed by atoms with Gasteiger partial charge >= 0.3 is 12.0 Å². The molecule has 0 bridgehead atoms. The molecule has 0 spiro atoms. The highest BCUT2D eigenvalue weighted by Crippen LogP contribution is 2.21. The van der Waals surface area contributed by atoms with Crippen LogP contribution >= 0.6 is 0 Å². The fourth-order valence-electron chi connectivity index (χ4n) is 1.38. The zero-order valence-corrected chi connectivity index (χ0v) is 8.74. The van der Waals surface area contributed by atoms with Crippen molar-refractivity contribution in [1.29, 1.82) is 0 Å². The van der Waals surface area contributed by atoms with Crippen molar-refractivity contribution >= 4 is 17.9 Å². The molecule has 0 aromatic carbocycles. The summed E-state index contributed by atoms with van der Waals surface area (Å²) in [6, 6.07) is -0.513. The molecule has 1 fully saturated rings. The lowest BCUT2D eigenvalue weighted by Gasteiger charge is -2.36. The number of carboxylic acid groups (broad SMARTS) is 1. The Morgan fingerprint density at radius 3 is 2.67 bits per heavy atom. The summed E-state index contributed by atoms with van der Waals surface area (Å²) in [7, 11) is 0. The zero-order valence-electron chi connectivity index (χ0n) is 8.74. The van der Waals surface area contributed by atoms with Gasteiger partial charge in [-0.25, -0.2) is 4.79 Å². The summed E-state index contributed by atoms with van der Waals surface area (Å²) in [5, 5.41) is 10.7. The van der Waals surface area contributed by atoms with E-state index < -0.39 is 17.4 Å². The third-order valence-corrected chi connectivity index (χ3v) is 2.30. The van der Waals surface area contributed by atoms with Crippen LogP contribution in [0, 0.1) is 5.41 Å². The first kappa shape index (κ1) is 11.5. The van der Waals surface area contributed by atoms with Crippen molar-refractivity contribution in [3.8, 4) is 0 Å². The molecule has 0 unspecified atom stereocenters. The second-order valence-electron chi connectivity index (χ2n) is 4.21. The maximum Gasteiger partial charge on any atom is 0.324 e. The van der Waals surface area contributed by atoms with Crippen molar-refractivity contribution in [2.75, 3.05) is 13.1 Å². The van der Waals surface area contributed by atoms with Crippen LogP contribution in [0.4, 0.5) is 4.79 Å². The van der Waals surface area contributed by atoms with Gasteiger partial charge in [0.05, 0.1) is 11.8 Å². The molecule has 0 atom stereocenters. The van der Waals surface area contributed by atoms with E-state index >= 15 is 0 Å². The van der Waals surface area contributed by atoms with Crippen molar-refractivity contribution in [1.82, 2.24) is 10.2 Å². The molecule has 1 aliphatic rings. The largest absolute Gasteiger partial charge is 0.481 e. The number of imide groups is 1. The van der Waals surface area contributed by atoms with Crippen LogP contribution in [0.2, 0.25) is 0 Å². The van der Waals surface area contributed by atoms with Gasteiger partial charge in [0.15, 0.2) is 0 Å². The molecule has 1 heterocycles. The monoisotopic (exact) mass is 214 g/mol. The Bertz CT molecular complexity index is 311. The quantitative estimate of drug-likeness (QED) is 0.694. The Morgan fingerprint density at radius 1 is 1.53 bits per heavy atom. The van der Waals surface area contributed by atoms with Gasteiger partial charge in [0, 0.05) is 13.1 Å². The van der Waals surface area contributed by atoms with Crippen LogP contribution in [0.1, 0.15) is 20.3 Å². The average Bonchev–Trinajstić information content (AvgIpc) is 2.09. The van der Waals surface area contributed by atoms with Gasteiger partial charge in [-0.15, -0.1) is 0 Å². The molecule has 1 rings (SSSR count). The predicted molar refractivity (Wildman–Crippen MR) is 51.1 cm³/mol. The number of rotatable bonds is 3. The van der Waals surface area contributed by atoms with Gasteiger partial charge in [0.1, 0.15) is 0 Å². The van der Waals surface area contributed by atoms with E-state index in [-0.39, 0.29) is 25.4 Å². The number of hydrogen-bond donors (Lipinski definition) is 2. The number of amides is 3. The van der Waals surface area contributed by atoms with Crippen molar-refractivity contribution in [2.24, 2.45) is 5.41 Å². The Labute approximate surface area is 87.2 Å². The lowest BCUT2D eigenvalue weighted by Crippen LogP contribution is -2.58. The Morgan fingerprint density at radius 2 is 2.13 bits per heavy atom. The molecule has 0 saturated carbocycles. The number of carboxylic acids is 1. The number of hydrogen-bond acceptors (Lipinski definition) is 3. The third kappa shape index (κ3) is 2.68. The SMILES string of the molecule is CC1(C)CN(CCC(=O)O)C(=O)NC1=O. The zero-order chi connectivity index (χ0) is 11.6. The molecule has 0 radical (unpaired) electrons. The molecule has 6 heteroatoms. The third-order valence-electron chi connectivity index (χ3n) is 2.30. The minimum atomic E-state index is -0.961. The van der Waals surface area contributed by atoms with Gasteiger partial charge in [0.2, 0.25) is 5.91 Å². The number of aliphatic carboxylic acids is 1. The molecule has 1 aliphatic heterocycles. The van der Waals surface area contributed by atoms with Crippen LogP contribution in [0.15, 0.2) is 0 Å². The van der Waals surface area contributed by atoms with E-state index in [0.717, 1.165) is 0 Å². The molecule has 6 nitrogen and oxygen atoms in total. The van der Waals surface area contributed by atoms with Crippen molar-refractivity contribution in [3.63, 3.8) is 0 Å². The maximum absolute atomic E-state index is 11.3. The van der Waals surface area contributed by atoms with Gasteiger partial charge in [0.25, 0.3) is 0 Å². The highest BCUT2D eigenvalue weighted by molar-refractivity contribution is 5.99. The van der Waals surface area contributed by atoms with Crippen molar-refractivity contribution < 1.29 is 19.5 Å². The molecule has 3 amide bonds. The minimum absolute atomic E-state index is 0.113. The lowest BCUT2D eigenvalue weighted by atomic mass is 9.90. The summed E-state index contributed by atoms with van der Waals surface area (Å²) in [6.07, 6.45) is -0.113. The first-order valence-corrected chi connectivity index (χ1v) is 4.65. The fraction of sp³-hybridized carbons (Fsp3) is 0.667. The van der Waals surface area contributed by atoms with Gasteiger partial charge in [-0.1, -0.05) is 0 Å². The van der Waals surface area contributed by atoms with Crippen molar-refractivity contribution in [3.05, 3.63) is 0 Å². The molecular weight excluding hydrogens is 200 g/mol. The van der Waals surface area contributed by atoms with Crippen LogP contribution in [-0.2, 0) is 9.59 Å². The van der Waals surface area contributed by atoms with Crippen molar-refractivity contribution in [2.45, 2.75) is 20.3 Å². The predicted octanol–water partition coefficient (Wildman–Crippen LogP) is 0.0391. The van der Waals surface area contributed by atoms with Crippen LogP contribution in [0.25, 0.3) is 0 Å². The molecular formula is C9H14N2O4. The van der Waals surface area contributed by atoms with Gasteiger partial charge in [-0.3, -0.25) is 14.9 Å². The summed E-state index contributed by atoms with van der Waals surface area (Å²) in [6.45, 7) is 3.80. The number of nitrogens with one attached hydrogen (secondary N) is 1. The van der Waals surface area contributed by atoms with E-state index in [2.05, 4.69) is 5.32 Å². The van der Waals surface area contributed by atoms with Gasteiger partial charge in [-0.05, 0) is 13.8 Å². The van der Waals surface area contributed by atoms with Crippen LogP contribution in [0.5, 0.6) is 0 Å². The van der Waals surface area contributed by atoms with E-state index in [0.29, 0.717) is 0 Å². The van der Waals surface area contributed by atoms with Crippen LogP contribution < -0.4 is 5.32 Å². The molecule has 84 valence electrons. The second-order valence-corrected chi connectivity index (χ2v) is 4.21. The lowest BCUT2D eigenvalue weighted by molar-refractivity contribution is -0.137. The summed E-state index contributed by atoms with van der Waals surface area (Å²) in [5.41, 5.74) is -0.660. The maximum atomic E-state index is 11.3. The number of carbonyl (C=O) groups excluding carboxylic acids is 2. The van der Waals surface area contributed by atoms with Crippen LogP contribution in [-0.4, -0.2) is 41.0 Å². The average molecular weight is 214 g/mol. The molecule has 0 aromatic heterocycles. The molecule has 0 aliphatic carbocycles. The van der Waals surface area contributed by atoms with E-state index in [1.807, 2.05) is 0 Å². The number of nitrogens with zero attached hydrogens (tertiary/aromatic N) is 1. The second kappa shape index (κ2) is 3.88. The summed E-state index contributed by atoms with van der Waals surface area (Å²) >= 11 is 0. The summed E-state index contributed by atoms with van der Waals surface area (Å²) in [5.74, 6) is -1.28. The Balaban J connectivity index is 2.62. The first-order chi connectivity index (χ1) is 6.83. The smallest absolute Gasteiger partial charge is 0.324 e. The first-order valence-electron chi connectivity index (χ1n) is 4.65. The molecule has 2 N–H and O–H groups in total. The Kier molecular flexibility index (Phi) is 2.97. The normalized spacial score (nSPS) is 20.0. The fourth-order valence-corrected chi connectivity index (χ4v) is 1.38. The van der Waals surface area contributed by atoms with E-state index in [4.69, 9.17) is 5.11 Å². The minimum Gasteiger partial charge on any atom is -0.481 e. The van der Waals surface area contributed by atoms with E-state index in [9.17, 15) is 14.4 Å². The number of urea groups is 1. The molecule has 0 aromatic rings. The molecule has 1 saturated heterocycles. The number of carbonyl (C=O) groups is 3. The highest BCUT2D eigenvalue weighted by atomic mass is 16.4.